The van der Waals surface area contributed by atoms with E-state index in [2.05, 4.69) is 22.0 Å². The topological polar surface area (TPSA) is 20.2 Å². The monoisotopic (exact) mass is 258 g/mol. The highest BCUT2D eigenvalue weighted by Crippen LogP contribution is 2.36. The minimum atomic E-state index is -0.266. The Balaban J connectivity index is 2.42. The van der Waals surface area contributed by atoms with Gasteiger partial charge >= 0.3 is 0 Å². The molecule has 1 N–H and O–H groups in total. The quantitative estimate of drug-likeness (QED) is 0.770. The first-order valence-corrected chi connectivity index (χ1v) is 6.15. The first-order valence-electron chi connectivity index (χ1n) is 4.37. The molecule has 0 saturated heterocycles. The van der Waals surface area contributed by atoms with Crippen LogP contribution in [0.2, 0.25) is 0 Å². The van der Waals surface area contributed by atoms with Gasteiger partial charge in [-0.2, -0.15) is 0 Å². The molecule has 0 spiro atoms. The highest BCUT2D eigenvalue weighted by molar-refractivity contribution is 9.10. The lowest BCUT2D eigenvalue weighted by Crippen LogP contribution is -1.96. The average molecular weight is 259 g/mol. The van der Waals surface area contributed by atoms with Gasteiger partial charge < -0.3 is 5.11 Å². The first-order chi connectivity index (χ1) is 6.27. The molecule has 0 amide bonds. The fourth-order valence-electron chi connectivity index (χ4n) is 1.52. The number of aliphatic hydroxyl groups is 1. The number of fused-ring (bicyclic) bond motifs is 1. The number of hydrogen-bond acceptors (Lipinski definition) is 2. The zero-order chi connectivity index (χ0) is 9.26. The van der Waals surface area contributed by atoms with Gasteiger partial charge in [-0.25, -0.2) is 0 Å². The van der Waals surface area contributed by atoms with E-state index in [1.807, 2.05) is 23.9 Å². The van der Waals surface area contributed by atoms with E-state index in [-0.39, 0.29) is 6.10 Å². The molecule has 3 heteroatoms. The third kappa shape index (κ3) is 2.09. The number of aliphatic hydroxyl groups excluding tert-OH is 1. The Hall–Kier alpha value is 0.01000. The summed E-state index contributed by atoms with van der Waals surface area (Å²) < 4.78 is 1.09. The summed E-state index contributed by atoms with van der Waals surface area (Å²) in [5.74, 6) is 1.11. The Labute approximate surface area is 90.7 Å². The summed E-state index contributed by atoms with van der Waals surface area (Å²) in [5, 5.41) is 9.80. The van der Waals surface area contributed by atoms with Gasteiger partial charge in [0.2, 0.25) is 0 Å². The van der Waals surface area contributed by atoms with Gasteiger partial charge in [0.1, 0.15) is 0 Å². The first kappa shape index (κ1) is 9.56. The van der Waals surface area contributed by atoms with E-state index in [0.717, 1.165) is 28.6 Å². The number of halogens is 1. The standard InChI is InChI=1S/C10H11BrOS/c11-7-3-4-8-9(12)2-1-5-13-10(8)6-7/h3-4,6,9,12H,1-2,5H2. The van der Waals surface area contributed by atoms with Crippen LogP contribution in [0.3, 0.4) is 0 Å². The number of hydrogen-bond donors (Lipinski definition) is 1. The second-order valence-electron chi connectivity index (χ2n) is 3.19. The SMILES string of the molecule is OC1CCCSc2cc(Br)ccc21. The molecule has 70 valence electrons. The van der Waals surface area contributed by atoms with Crippen LogP contribution in [0.4, 0.5) is 0 Å². The Morgan fingerprint density at radius 1 is 1.46 bits per heavy atom. The van der Waals surface area contributed by atoms with Gasteiger partial charge in [-0.3, -0.25) is 0 Å². The van der Waals surface area contributed by atoms with Crippen LogP contribution >= 0.6 is 27.7 Å². The lowest BCUT2D eigenvalue weighted by atomic mass is 10.1. The number of rotatable bonds is 0. The van der Waals surface area contributed by atoms with Gasteiger partial charge in [-0.05, 0) is 36.3 Å². The molecule has 1 aliphatic rings. The average Bonchev–Trinajstić information content (AvgIpc) is 2.28. The molecule has 2 rings (SSSR count). The molecule has 0 radical (unpaired) electrons. The summed E-state index contributed by atoms with van der Waals surface area (Å²) in [6.45, 7) is 0. The van der Waals surface area contributed by atoms with Crippen molar-refractivity contribution >= 4 is 27.7 Å². The molecule has 1 nitrogen and oxygen atoms in total. The molecular formula is C10H11BrOS. The normalized spacial score (nSPS) is 22.2. The molecule has 0 aliphatic carbocycles. The number of benzene rings is 1. The fourth-order valence-corrected chi connectivity index (χ4v) is 3.15. The van der Waals surface area contributed by atoms with Gasteiger partial charge in [0.15, 0.2) is 0 Å². The minimum absolute atomic E-state index is 0.266. The molecule has 1 aromatic carbocycles. The van der Waals surface area contributed by atoms with Crippen LogP contribution in [0.15, 0.2) is 27.6 Å². The highest BCUT2D eigenvalue weighted by atomic mass is 79.9. The van der Waals surface area contributed by atoms with Gasteiger partial charge in [-0.15, -0.1) is 11.8 Å². The van der Waals surface area contributed by atoms with Crippen LogP contribution in [0, 0.1) is 0 Å². The van der Waals surface area contributed by atoms with Crippen molar-refractivity contribution in [3.8, 4) is 0 Å². The van der Waals surface area contributed by atoms with Crippen molar-refractivity contribution in [2.45, 2.75) is 23.8 Å². The van der Waals surface area contributed by atoms with Crippen LogP contribution in [-0.2, 0) is 0 Å². The van der Waals surface area contributed by atoms with E-state index in [1.165, 1.54) is 4.90 Å². The van der Waals surface area contributed by atoms with E-state index in [9.17, 15) is 5.11 Å². The highest BCUT2D eigenvalue weighted by Gasteiger charge is 2.16. The van der Waals surface area contributed by atoms with E-state index in [1.54, 1.807) is 0 Å². The summed E-state index contributed by atoms with van der Waals surface area (Å²) >= 11 is 5.28. The maximum Gasteiger partial charge on any atom is 0.0801 e. The Kier molecular flexibility index (Phi) is 2.96. The molecular weight excluding hydrogens is 248 g/mol. The Morgan fingerprint density at radius 3 is 3.15 bits per heavy atom. The van der Waals surface area contributed by atoms with E-state index >= 15 is 0 Å². The van der Waals surface area contributed by atoms with E-state index in [0.29, 0.717) is 0 Å². The minimum Gasteiger partial charge on any atom is -0.388 e. The van der Waals surface area contributed by atoms with Crippen molar-refractivity contribution in [1.82, 2.24) is 0 Å². The molecule has 1 unspecified atom stereocenters. The third-order valence-electron chi connectivity index (χ3n) is 2.21. The zero-order valence-electron chi connectivity index (χ0n) is 7.16. The van der Waals surface area contributed by atoms with Crippen LogP contribution in [0.25, 0.3) is 0 Å². The molecule has 0 fully saturated rings. The zero-order valence-corrected chi connectivity index (χ0v) is 9.57. The van der Waals surface area contributed by atoms with Gasteiger partial charge in [-0.1, -0.05) is 22.0 Å². The summed E-state index contributed by atoms with van der Waals surface area (Å²) in [6, 6.07) is 6.10. The van der Waals surface area contributed by atoms with Gasteiger partial charge in [0, 0.05) is 9.37 Å². The van der Waals surface area contributed by atoms with Crippen molar-refractivity contribution in [1.29, 1.82) is 0 Å². The third-order valence-corrected chi connectivity index (χ3v) is 3.86. The molecule has 0 aromatic heterocycles. The summed E-state index contributed by atoms with van der Waals surface area (Å²) in [4.78, 5) is 1.22. The van der Waals surface area contributed by atoms with Crippen LogP contribution < -0.4 is 0 Å². The second-order valence-corrected chi connectivity index (χ2v) is 5.24. The molecule has 1 aliphatic heterocycles. The Bertz CT molecular complexity index is 314. The molecule has 0 saturated carbocycles. The van der Waals surface area contributed by atoms with Crippen LogP contribution in [0.5, 0.6) is 0 Å². The van der Waals surface area contributed by atoms with Crippen molar-refractivity contribution in [3.05, 3.63) is 28.2 Å². The Morgan fingerprint density at radius 2 is 2.31 bits per heavy atom. The number of thioether (sulfide) groups is 1. The van der Waals surface area contributed by atoms with Crippen molar-refractivity contribution in [2.75, 3.05) is 5.75 Å². The van der Waals surface area contributed by atoms with Gasteiger partial charge in [0.05, 0.1) is 6.10 Å². The molecule has 0 bridgehead atoms. The molecule has 1 atom stereocenters. The lowest BCUT2D eigenvalue weighted by molar-refractivity contribution is 0.165. The van der Waals surface area contributed by atoms with Crippen molar-refractivity contribution < 1.29 is 5.11 Å². The van der Waals surface area contributed by atoms with Gasteiger partial charge in [0.25, 0.3) is 0 Å². The van der Waals surface area contributed by atoms with Crippen LogP contribution in [-0.4, -0.2) is 10.9 Å². The van der Waals surface area contributed by atoms with Crippen LogP contribution in [0.1, 0.15) is 24.5 Å². The molecule has 13 heavy (non-hydrogen) atoms. The van der Waals surface area contributed by atoms with E-state index < -0.39 is 0 Å². The smallest absolute Gasteiger partial charge is 0.0801 e. The van der Waals surface area contributed by atoms with Crippen molar-refractivity contribution in [3.63, 3.8) is 0 Å². The maximum absolute atomic E-state index is 9.80. The lowest BCUT2D eigenvalue weighted by Gasteiger charge is -2.10. The summed E-state index contributed by atoms with van der Waals surface area (Å²) in [7, 11) is 0. The van der Waals surface area contributed by atoms with Crippen molar-refractivity contribution in [2.24, 2.45) is 0 Å². The predicted octanol–water partition coefficient (Wildman–Crippen LogP) is 3.37. The fraction of sp³-hybridized carbons (Fsp3) is 0.400. The van der Waals surface area contributed by atoms with E-state index in [4.69, 9.17) is 0 Å². The summed E-state index contributed by atoms with van der Waals surface area (Å²) in [5.41, 5.74) is 1.09. The molecule has 1 aromatic rings. The molecule has 1 heterocycles. The largest absolute Gasteiger partial charge is 0.388 e. The predicted molar refractivity (Wildman–Crippen MR) is 59.1 cm³/mol. The summed E-state index contributed by atoms with van der Waals surface area (Å²) in [6.07, 6.45) is 1.72. The second kappa shape index (κ2) is 4.03. The maximum atomic E-state index is 9.80.